The lowest BCUT2D eigenvalue weighted by Crippen LogP contribution is -2.55. The Kier molecular flexibility index (Phi) is 8.38. The zero-order valence-corrected chi connectivity index (χ0v) is 19.3. The van der Waals surface area contributed by atoms with E-state index < -0.39 is 17.8 Å². The molecule has 2 N–H and O–H groups in total. The van der Waals surface area contributed by atoms with E-state index in [1.165, 1.54) is 6.07 Å². The van der Waals surface area contributed by atoms with Gasteiger partial charge in [-0.05, 0) is 42.2 Å². The molecule has 35 heavy (non-hydrogen) atoms. The summed E-state index contributed by atoms with van der Waals surface area (Å²) in [6.07, 6.45) is -0.937. The predicted octanol–water partition coefficient (Wildman–Crippen LogP) is 2.92. The van der Waals surface area contributed by atoms with E-state index in [1.54, 1.807) is 18.5 Å². The molecule has 2 aromatic rings. The van der Waals surface area contributed by atoms with Gasteiger partial charge in [-0.1, -0.05) is 18.2 Å². The van der Waals surface area contributed by atoms with Crippen LogP contribution in [0.25, 0.3) is 0 Å². The molecule has 0 unspecified atom stereocenters. The molecule has 2 aliphatic rings. The molecule has 2 fully saturated rings. The zero-order chi connectivity index (χ0) is 24.8. The third kappa shape index (κ3) is 7.23. The second kappa shape index (κ2) is 11.5. The number of carbonyl (C=O) groups excluding carboxylic acids is 1. The number of halogens is 3. The fraction of sp³-hybridized carbons (Fsp3) is 0.520. The lowest BCUT2D eigenvalue weighted by Gasteiger charge is -2.44. The van der Waals surface area contributed by atoms with Gasteiger partial charge in [0.15, 0.2) is 0 Å². The number of amides is 1. The van der Waals surface area contributed by atoms with Crippen LogP contribution >= 0.6 is 0 Å². The van der Waals surface area contributed by atoms with Crippen molar-refractivity contribution in [2.24, 2.45) is 0 Å². The largest absolute Gasteiger partial charge is 0.416 e. The van der Waals surface area contributed by atoms with Crippen LogP contribution in [-0.2, 0) is 33.5 Å². The van der Waals surface area contributed by atoms with Gasteiger partial charge in [-0.3, -0.25) is 14.7 Å². The highest BCUT2D eigenvalue weighted by atomic mass is 19.4. The molecule has 10 heteroatoms. The normalized spacial score (nSPS) is 25.8. The van der Waals surface area contributed by atoms with E-state index in [0.717, 1.165) is 17.7 Å². The summed E-state index contributed by atoms with van der Waals surface area (Å²) in [5.74, 6) is -0.117. The van der Waals surface area contributed by atoms with Crippen LogP contribution in [-0.4, -0.2) is 65.0 Å². The minimum absolute atomic E-state index is 0.114. The highest BCUT2D eigenvalue weighted by Gasteiger charge is 2.38. The molecule has 4 rings (SSSR count). The molecule has 1 aromatic carbocycles. The Morgan fingerprint density at radius 2 is 1.94 bits per heavy atom. The first-order valence-electron chi connectivity index (χ1n) is 11.7. The number of carbonyl (C=O) groups is 1. The van der Waals surface area contributed by atoms with Crippen molar-refractivity contribution in [3.8, 4) is 0 Å². The van der Waals surface area contributed by atoms with Gasteiger partial charge in [-0.15, -0.1) is 0 Å². The van der Waals surface area contributed by atoms with Crippen LogP contribution < -0.4 is 5.32 Å². The van der Waals surface area contributed by atoms with E-state index in [9.17, 15) is 23.1 Å². The van der Waals surface area contributed by atoms with Gasteiger partial charge in [0, 0.05) is 38.1 Å². The topological polar surface area (TPSA) is 83.9 Å². The van der Waals surface area contributed by atoms with Crippen LogP contribution in [0, 0.1) is 0 Å². The Bertz CT molecular complexity index is 976. The third-order valence-corrected chi connectivity index (χ3v) is 6.38. The number of alkyl halides is 3. The summed E-state index contributed by atoms with van der Waals surface area (Å²) in [5.41, 5.74) is 0.778. The first-order chi connectivity index (χ1) is 16.8. The van der Waals surface area contributed by atoms with E-state index in [0.29, 0.717) is 24.9 Å². The lowest BCUT2D eigenvalue weighted by molar-refractivity contribution is -0.158. The number of ether oxygens (including phenoxy) is 2. The van der Waals surface area contributed by atoms with Crippen molar-refractivity contribution in [2.75, 3.05) is 19.8 Å². The first kappa shape index (κ1) is 25.6. The quantitative estimate of drug-likeness (QED) is 0.644. The van der Waals surface area contributed by atoms with Gasteiger partial charge in [-0.2, -0.15) is 13.2 Å². The predicted molar refractivity (Wildman–Crippen MR) is 121 cm³/mol. The second-order valence-electron chi connectivity index (χ2n) is 9.10. The molecule has 0 radical (unpaired) electrons. The van der Waals surface area contributed by atoms with E-state index in [4.69, 9.17) is 9.47 Å². The molecule has 3 heterocycles. The van der Waals surface area contributed by atoms with Gasteiger partial charge < -0.3 is 19.9 Å². The minimum Gasteiger partial charge on any atom is -0.389 e. The monoisotopic (exact) mass is 493 g/mol. The van der Waals surface area contributed by atoms with E-state index in [2.05, 4.69) is 10.3 Å². The molecule has 0 bridgehead atoms. The summed E-state index contributed by atoms with van der Waals surface area (Å²) in [6.45, 7) is 1.28. The molecule has 7 nitrogen and oxygen atoms in total. The van der Waals surface area contributed by atoms with Crippen LogP contribution in [0.1, 0.15) is 36.0 Å². The highest BCUT2D eigenvalue weighted by molar-refractivity contribution is 5.76. The van der Waals surface area contributed by atoms with Gasteiger partial charge in [0.05, 0.1) is 43.5 Å². The Morgan fingerprint density at radius 1 is 1.14 bits per heavy atom. The van der Waals surface area contributed by atoms with Crippen molar-refractivity contribution in [3.63, 3.8) is 0 Å². The molecule has 0 spiro atoms. The Morgan fingerprint density at radius 3 is 2.71 bits per heavy atom. The summed E-state index contributed by atoms with van der Waals surface area (Å²) in [6, 6.07) is 8.79. The standard InChI is InChI=1S/C25H30F3N3O4/c26-25(27,28)19-3-1-2-18(10-19)13-31-14-20(32)15-34-16-23-22(31)5-4-21(35-23)11-24(33)30-12-17-6-8-29-9-7-17/h1-3,6-10,20-23,32H,4-5,11-16H2,(H,30,33)/t20-,21-,22+,23-/m0/s1. The molecule has 2 aliphatic heterocycles. The van der Waals surface area contributed by atoms with Crippen molar-refractivity contribution in [1.29, 1.82) is 0 Å². The number of nitrogens with zero attached hydrogens (tertiary/aromatic N) is 2. The summed E-state index contributed by atoms with van der Waals surface area (Å²) < 4.78 is 51.4. The van der Waals surface area contributed by atoms with Crippen LogP contribution in [0.4, 0.5) is 13.2 Å². The van der Waals surface area contributed by atoms with E-state index >= 15 is 0 Å². The minimum atomic E-state index is -4.42. The molecule has 0 saturated carbocycles. The number of nitrogens with one attached hydrogen (secondary N) is 1. The van der Waals surface area contributed by atoms with Crippen LogP contribution in [0.15, 0.2) is 48.8 Å². The average Bonchev–Trinajstić information content (AvgIpc) is 2.82. The van der Waals surface area contributed by atoms with Gasteiger partial charge in [0.2, 0.25) is 5.91 Å². The molecule has 1 aromatic heterocycles. The Balaban J connectivity index is 1.38. The van der Waals surface area contributed by atoms with Gasteiger partial charge in [0.1, 0.15) is 0 Å². The number of rotatable bonds is 6. The molecule has 0 aliphatic carbocycles. The Labute approximate surface area is 202 Å². The highest BCUT2D eigenvalue weighted by Crippen LogP contribution is 2.32. The van der Waals surface area contributed by atoms with E-state index in [-0.39, 0.29) is 56.9 Å². The van der Waals surface area contributed by atoms with Crippen molar-refractivity contribution >= 4 is 5.91 Å². The summed E-state index contributed by atoms with van der Waals surface area (Å²) in [7, 11) is 0. The lowest BCUT2D eigenvalue weighted by atomic mass is 9.94. The maximum absolute atomic E-state index is 13.2. The van der Waals surface area contributed by atoms with Crippen LogP contribution in [0.2, 0.25) is 0 Å². The molecular formula is C25H30F3N3O4. The van der Waals surface area contributed by atoms with Crippen LogP contribution in [0.3, 0.4) is 0 Å². The fourth-order valence-electron chi connectivity index (χ4n) is 4.69. The molecule has 190 valence electrons. The molecule has 4 atom stereocenters. The number of β-amino-alcohol motifs (C(OH)–C–C–N with tert-alkyl or cyclic N) is 1. The number of aliphatic hydroxyl groups excluding tert-OH is 1. The SMILES string of the molecule is O=C(C[C@@H]1CC[C@@H]2[C@H](COC[C@@H](O)CN2Cc2cccc(C(F)(F)F)c2)O1)NCc1ccncc1. The number of aliphatic hydroxyl groups is 1. The zero-order valence-electron chi connectivity index (χ0n) is 19.3. The number of aromatic nitrogens is 1. The summed E-state index contributed by atoms with van der Waals surface area (Å²) >= 11 is 0. The van der Waals surface area contributed by atoms with Gasteiger partial charge >= 0.3 is 6.18 Å². The van der Waals surface area contributed by atoms with Crippen molar-refractivity contribution in [3.05, 3.63) is 65.5 Å². The van der Waals surface area contributed by atoms with Crippen molar-refractivity contribution in [1.82, 2.24) is 15.2 Å². The second-order valence-corrected chi connectivity index (χ2v) is 9.10. The fourth-order valence-corrected chi connectivity index (χ4v) is 4.69. The number of fused-ring (bicyclic) bond motifs is 1. The maximum Gasteiger partial charge on any atom is 0.416 e. The van der Waals surface area contributed by atoms with Crippen molar-refractivity contribution < 1.29 is 32.5 Å². The summed E-state index contributed by atoms with van der Waals surface area (Å²) in [4.78, 5) is 18.4. The third-order valence-electron chi connectivity index (χ3n) is 6.38. The average molecular weight is 494 g/mol. The number of pyridine rings is 1. The first-order valence-corrected chi connectivity index (χ1v) is 11.7. The van der Waals surface area contributed by atoms with Crippen LogP contribution in [0.5, 0.6) is 0 Å². The number of benzene rings is 1. The van der Waals surface area contributed by atoms with Crippen molar-refractivity contribution in [2.45, 2.75) is 62.9 Å². The molecule has 1 amide bonds. The van der Waals surface area contributed by atoms with Gasteiger partial charge in [0.25, 0.3) is 0 Å². The molecular weight excluding hydrogens is 463 g/mol. The van der Waals surface area contributed by atoms with E-state index in [1.807, 2.05) is 17.0 Å². The van der Waals surface area contributed by atoms with Gasteiger partial charge in [-0.25, -0.2) is 0 Å². The maximum atomic E-state index is 13.2. The number of hydrogen-bond acceptors (Lipinski definition) is 6. The Hall–Kier alpha value is -2.53. The summed E-state index contributed by atoms with van der Waals surface area (Å²) in [5, 5.41) is 13.2. The molecule has 2 saturated heterocycles. The smallest absolute Gasteiger partial charge is 0.389 e. The number of hydrogen-bond donors (Lipinski definition) is 2.